The molecule has 0 amide bonds. The van der Waals surface area contributed by atoms with Crippen molar-refractivity contribution in [3.8, 4) is 0 Å². The number of thioether (sulfide) groups is 1. The van der Waals surface area contributed by atoms with Crippen molar-refractivity contribution in [1.29, 1.82) is 0 Å². The Labute approximate surface area is 69.1 Å². The molecule has 1 rings (SSSR count). The van der Waals surface area contributed by atoms with Gasteiger partial charge in [-0.2, -0.15) is 0 Å². The van der Waals surface area contributed by atoms with Crippen molar-refractivity contribution in [2.45, 2.75) is 6.42 Å². The molecule has 0 bridgehead atoms. The van der Waals surface area contributed by atoms with Gasteiger partial charge in [-0.1, -0.05) is 0 Å². The highest BCUT2D eigenvalue weighted by Crippen LogP contribution is 1.96. The van der Waals surface area contributed by atoms with Gasteiger partial charge in [0.25, 0.3) is 0 Å². The molecule has 0 fully saturated rings. The summed E-state index contributed by atoms with van der Waals surface area (Å²) in [4.78, 5) is 13.1. The zero-order valence-electron chi connectivity index (χ0n) is 6.05. The third-order valence-corrected chi connectivity index (χ3v) is 2.22. The Morgan fingerprint density at radius 3 is 3.18 bits per heavy atom. The van der Waals surface area contributed by atoms with Crippen LogP contribution in [-0.2, 0) is 4.79 Å². The second-order valence-electron chi connectivity index (χ2n) is 2.20. The molecule has 1 aliphatic heterocycles. The standard InChI is InChI=1S/C6H10N2O2S/c9-5(10)4-11-6-7-2-1-3-8-6/h1-4H2,(H,7,8)(H,9,10). The number of carboxylic acids is 1. The number of hydrogen-bond donors (Lipinski definition) is 2. The van der Waals surface area contributed by atoms with Crippen LogP contribution in [0.3, 0.4) is 0 Å². The van der Waals surface area contributed by atoms with Crippen LogP contribution >= 0.6 is 11.8 Å². The summed E-state index contributed by atoms with van der Waals surface area (Å²) in [7, 11) is 0. The van der Waals surface area contributed by atoms with Gasteiger partial charge < -0.3 is 9.90 Å². The summed E-state index contributed by atoms with van der Waals surface area (Å²) in [6, 6.07) is 0. The molecule has 0 aromatic heterocycles. The molecule has 0 aromatic carbocycles. The summed E-state index contributed by atoms with van der Waals surface area (Å²) in [5.74, 6) is -1.02. The van der Waals surface area contributed by atoms with Crippen molar-refractivity contribution in [2.24, 2.45) is 0 Å². The smallest absolute Gasteiger partial charge is 0.304 e. The maximum absolute atomic E-state index is 10.0. The SMILES string of the molecule is O=C([O-])CSC1=[NH+]CCCN1. The number of amidine groups is 1. The minimum atomic E-state index is -1.03. The zero-order chi connectivity index (χ0) is 8.10. The van der Waals surface area contributed by atoms with Crippen LogP contribution in [-0.4, -0.2) is 30.0 Å². The van der Waals surface area contributed by atoms with Crippen molar-refractivity contribution in [3.05, 3.63) is 0 Å². The fourth-order valence-corrected chi connectivity index (χ4v) is 1.46. The largest absolute Gasteiger partial charge is 0.549 e. The van der Waals surface area contributed by atoms with E-state index < -0.39 is 5.97 Å². The molecule has 62 valence electrons. The number of aliphatic carboxylic acids is 1. The van der Waals surface area contributed by atoms with Crippen molar-refractivity contribution in [2.75, 3.05) is 18.8 Å². The highest BCUT2D eigenvalue weighted by atomic mass is 32.2. The van der Waals surface area contributed by atoms with Crippen molar-refractivity contribution >= 4 is 22.9 Å². The maximum Gasteiger partial charge on any atom is 0.304 e. The van der Waals surface area contributed by atoms with E-state index in [-0.39, 0.29) is 5.75 Å². The second kappa shape index (κ2) is 4.23. The quantitative estimate of drug-likeness (QED) is 0.465. The van der Waals surface area contributed by atoms with E-state index in [0.29, 0.717) is 0 Å². The number of rotatable bonds is 2. The van der Waals surface area contributed by atoms with Crippen LogP contribution < -0.4 is 15.4 Å². The topological polar surface area (TPSA) is 66.1 Å². The fraction of sp³-hybridized carbons (Fsp3) is 0.667. The normalized spacial score (nSPS) is 16.9. The van der Waals surface area contributed by atoms with Gasteiger partial charge in [-0.05, 0) is 11.8 Å². The van der Waals surface area contributed by atoms with Crippen molar-refractivity contribution < 1.29 is 14.9 Å². The average molecular weight is 174 g/mol. The Hall–Kier alpha value is -0.710. The van der Waals surface area contributed by atoms with Crippen LogP contribution in [0.2, 0.25) is 0 Å². The fourth-order valence-electron chi connectivity index (χ4n) is 0.788. The Bertz CT molecular complexity index is 181. The van der Waals surface area contributed by atoms with E-state index in [1.165, 1.54) is 11.8 Å². The molecule has 11 heavy (non-hydrogen) atoms. The van der Waals surface area contributed by atoms with Gasteiger partial charge >= 0.3 is 5.17 Å². The predicted molar refractivity (Wildman–Crippen MR) is 40.9 cm³/mol. The molecule has 1 heterocycles. The van der Waals surface area contributed by atoms with Gasteiger partial charge in [0.05, 0.1) is 19.1 Å². The van der Waals surface area contributed by atoms with Gasteiger partial charge in [0.2, 0.25) is 0 Å². The van der Waals surface area contributed by atoms with Crippen LogP contribution in [0.4, 0.5) is 0 Å². The van der Waals surface area contributed by atoms with Crippen molar-refractivity contribution in [1.82, 2.24) is 5.32 Å². The third kappa shape index (κ3) is 3.27. The summed E-state index contributed by atoms with van der Waals surface area (Å²) < 4.78 is 0. The van der Waals surface area contributed by atoms with Crippen LogP contribution in [0, 0.1) is 0 Å². The molecule has 4 nitrogen and oxygen atoms in total. The molecule has 0 unspecified atom stereocenters. The number of nitrogens with one attached hydrogen (secondary N) is 2. The number of hydrogen-bond acceptors (Lipinski definition) is 4. The van der Waals surface area contributed by atoms with Gasteiger partial charge in [0, 0.05) is 12.2 Å². The molecule has 0 radical (unpaired) electrons. The average Bonchev–Trinajstić information content (AvgIpc) is 2.03. The van der Waals surface area contributed by atoms with E-state index in [9.17, 15) is 9.90 Å². The van der Waals surface area contributed by atoms with Crippen LogP contribution in [0.25, 0.3) is 0 Å². The molecule has 0 aromatic rings. The van der Waals surface area contributed by atoms with E-state index in [0.717, 1.165) is 24.7 Å². The Kier molecular flexibility index (Phi) is 3.22. The zero-order valence-corrected chi connectivity index (χ0v) is 6.87. The first-order valence-corrected chi connectivity index (χ1v) is 4.45. The molecule has 0 spiro atoms. The van der Waals surface area contributed by atoms with Crippen LogP contribution in [0.15, 0.2) is 0 Å². The summed E-state index contributed by atoms with van der Waals surface area (Å²) in [6.45, 7) is 1.84. The van der Waals surface area contributed by atoms with Gasteiger partial charge in [-0.3, -0.25) is 10.3 Å². The summed E-state index contributed by atoms with van der Waals surface area (Å²) in [6.07, 6.45) is 1.08. The highest BCUT2D eigenvalue weighted by Gasteiger charge is 2.10. The molecule has 0 saturated heterocycles. The van der Waals surface area contributed by atoms with Gasteiger partial charge in [0.1, 0.15) is 0 Å². The first-order valence-electron chi connectivity index (χ1n) is 3.46. The first kappa shape index (κ1) is 8.39. The maximum atomic E-state index is 10.0. The summed E-state index contributed by atoms with van der Waals surface area (Å²) >= 11 is 1.24. The highest BCUT2D eigenvalue weighted by molar-refractivity contribution is 8.14. The lowest BCUT2D eigenvalue weighted by Crippen LogP contribution is -2.78. The molecular formula is C6H10N2O2S. The van der Waals surface area contributed by atoms with E-state index >= 15 is 0 Å². The molecule has 0 atom stereocenters. The van der Waals surface area contributed by atoms with E-state index in [4.69, 9.17) is 0 Å². The number of carbonyl (C=O) groups excluding carboxylic acids is 1. The minimum absolute atomic E-state index is 0.00926. The monoisotopic (exact) mass is 174 g/mol. The minimum Gasteiger partial charge on any atom is -0.549 e. The lowest BCUT2D eigenvalue weighted by molar-refractivity contribution is -0.460. The molecule has 1 aliphatic rings. The molecule has 0 saturated carbocycles. The van der Waals surface area contributed by atoms with E-state index in [1.807, 2.05) is 0 Å². The number of carboxylic acid groups (broad SMARTS) is 1. The molecule has 0 aliphatic carbocycles. The van der Waals surface area contributed by atoms with Crippen LogP contribution in [0.1, 0.15) is 6.42 Å². The summed E-state index contributed by atoms with van der Waals surface area (Å²) in [5.41, 5.74) is 0. The summed E-state index contributed by atoms with van der Waals surface area (Å²) in [5, 5.41) is 13.9. The van der Waals surface area contributed by atoms with Gasteiger partial charge in [-0.15, -0.1) is 0 Å². The number of carbonyl (C=O) groups is 1. The lowest BCUT2D eigenvalue weighted by atomic mass is 10.4. The van der Waals surface area contributed by atoms with Gasteiger partial charge in [-0.25, -0.2) is 0 Å². The second-order valence-corrected chi connectivity index (χ2v) is 3.18. The van der Waals surface area contributed by atoms with Gasteiger partial charge in [0.15, 0.2) is 0 Å². The first-order chi connectivity index (χ1) is 5.29. The Balaban J connectivity index is 2.24. The lowest BCUT2D eigenvalue weighted by Gasteiger charge is -2.07. The van der Waals surface area contributed by atoms with E-state index in [1.54, 1.807) is 0 Å². The van der Waals surface area contributed by atoms with Crippen molar-refractivity contribution in [3.63, 3.8) is 0 Å². The molecular weight excluding hydrogens is 164 g/mol. The Morgan fingerprint density at radius 1 is 1.82 bits per heavy atom. The van der Waals surface area contributed by atoms with Crippen LogP contribution in [0.5, 0.6) is 0 Å². The van der Waals surface area contributed by atoms with E-state index in [2.05, 4.69) is 10.3 Å². The predicted octanol–water partition coefficient (Wildman–Crippen LogP) is -3.10. The third-order valence-electron chi connectivity index (χ3n) is 1.26. The Morgan fingerprint density at radius 2 is 2.64 bits per heavy atom. The molecule has 2 N–H and O–H groups in total. The molecule has 5 heteroatoms.